The number of hydrogen-bond acceptors (Lipinski definition) is 7. The molecule has 1 saturated heterocycles. The van der Waals surface area contributed by atoms with E-state index in [1.54, 1.807) is 0 Å². The van der Waals surface area contributed by atoms with E-state index in [4.69, 9.17) is 32.5 Å². The smallest absolute Gasteiger partial charge is 0.176 e. The lowest BCUT2D eigenvalue weighted by atomic mass is 9.79. The van der Waals surface area contributed by atoms with Gasteiger partial charge < -0.3 is 25.5 Å². The van der Waals surface area contributed by atoms with Crippen molar-refractivity contribution in [3.8, 4) is 0 Å². The zero-order valence-electron chi connectivity index (χ0n) is 20.1. The Labute approximate surface area is 208 Å². The molecule has 0 radical (unpaired) electrons. The van der Waals surface area contributed by atoms with E-state index in [9.17, 15) is 0 Å². The summed E-state index contributed by atoms with van der Waals surface area (Å²) in [5.74, 6) is 0.101. The van der Waals surface area contributed by atoms with Crippen LogP contribution in [0.5, 0.6) is 0 Å². The van der Waals surface area contributed by atoms with Crippen LogP contribution in [-0.4, -0.2) is 31.4 Å². The normalized spacial score (nSPS) is 27.6. The molecular formula is C26H29ClN6O2. The van der Waals surface area contributed by atoms with E-state index in [-0.39, 0.29) is 11.5 Å². The first-order valence-corrected chi connectivity index (χ1v) is 12.3. The summed E-state index contributed by atoms with van der Waals surface area (Å²) in [5.41, 5.74) is 14.1. The van der Waals surface area contributed by atoms with Crippen LogP contribution in [0.1, 0.15) is 45.6 Å². The number of pyridine rings is 1. The highest BCUT2D eigenvalue weighted by Gasteiger charge is 2.65. The zero-order valence-corrected chi connectivity index (χ0v) is 20.8. The lowest BCUT2D eigenvalue weighted by molar-refractivity contribution is -0.189. The van der Waals surface area contributed by atoms with Gasteiger partial charge in [0.2, 0.25) is 0 Å². The van der Waals surface area contributed by atoms with Gasteiger partial charge in [0, 0.05) is 11.6 Å². The van der Waals surface area contributed by atoms with E-state index in [0.29, 0.717) is 16.7 Å². The van der Waals surface area contributed by atoms with Crippen molar-refractivity contribution < 1.29 is 9.47 Å². The molecule has 1 saturated carbocycles. The molecule has 6 rings (SSSR count). The van der Waals surface area contributed by atoms with Gasteiger partial charge in [-0.25, -0.2) is 15.0 Å². The molecule has 182 valence electrons. The second kappa shape index (κ2) is 7.53. The highest BCUT2D eigenvalue weighted by molar-refractivity contribution is 6.33. The van der Waals surface area contributed by atoms with E-state index < -0.39 is 11.5 Å². The van der Waals surface area contributed by atoms with Crippen molar-refractivity contribution in [1.82, 2.24) is 19.5 Å². The SMILES string of the molecule is CC1(C)O[C@@H]2[C@@](C)(CCc3ccc4cc(Cl)c(N)nc4c3)CC[C@@]2(n2ccc3c(N)ncnc32)O1. The van der Waals surface area contributed by atoms with Gasteiger partial charge in [0.1, 0.15) is 29.7 Å². The van der Waals surface area contributed by atoms with E-state index in [1.807, 2.05) is 32.2 Å². The van der Waals surface area contributed by atoms with Gasteiger partial charge in [-0.15, -0.1) is 0 Å². The molecule has 3 aromatic heterocycles. The van der Waals surface area contributed by atoms with Crippen LogP contribution in [-0.2, 0) is 21.6 Å². The summed E-state index contributed by atoms with van der Waals surface area (Å²) in [6.07, 6.45) is 6.96. The number of nitrogens with two attached hydrogens (primary N) is 2. The molecular weight excluding hydrogens is 464 g/mol. The minimum absolute atomic E-state index is 0.107. The van der Waals surface area contributed by atoms with Crippen molar-refractivity contribution in [2.45, 2.75) is 64.1 Å². The molecule has 3 atom stereocenters. The third kappa shape index (κ3) is 3.46. The number of aromatic nitrogens is 4. The summed E-state index contributed by atoms with van der Waals surface area (Å²) in [6.45, 7) is 6.26. The first-order chi connectivity index (χ1) is 16.6. The first kappa shape index (κ1) is 22.5. The van der Waals surface area contributed by atoms with E-state index in [1.165, 1.54) is 11.9 Å². The lowest BCUT2D eigenvalue weighted by Gasteiger charge is -2.35. The van der Waals surface area contributed by atoms with Crippen LogP contribution in [0.15, 0.2) is 42.9 Å². The molecule has 1 aliphatic heterocycles. The van der Waals surface area contributed by atoms with Crippen LogP contribution in [0, 0.1) is 5.41 Å². The Morgan fingerprint density at radius 2 is 1.91 bits per heavy atom. The molecule has 1 aromatic carbocycles. The molecule has 4 aromatic rings. The molecule has 4 N–H and O–H groups in total. The van der Waals surface area contributed by atoms with Gasteiger partial charge in [0.25, 0.3) is 0 Å². The minimum Gasteiger partial charge on any atom is -0.383 e. The maximum absolute atomic E-state index is 6.69. The Kier molecular flexibility index (Phi) is 4.84. The number of fused-ring (bicyclic) bond motifs is 3. The summed E-state index contributed by atoms with van der Waals surface area (Å²) in [7, 11) is 0. The summed E-state index contributed by atoms with van der Waals surface area (Å²) in [4.78, 5) is 13.1. The van der Waals surface area contributed by atoms with Crippen LogP contribution in [0.3, 0.4) is 0 Å². The molecule has 2 fully saturated rings. The Morgan fingerprint density at radius 1 is 1.09 bits per heavy atom. The van der Waals surface area contributed by atoms with Crippen molar-refractivity contribution in [2.75, 3.05) is 11.5 Å². The number of rotatable bonds is 4. The average Bonchev–Trinajstić information content (AvgIpc) is 3.44. The zero-order chi connectivity index (χ0) is 24.6. The molecule has 35 heavy (non-hydrogen) atoms. The number of hydrogen-bond donors (Lipinski definition) is 2. The predicted octanol–water partition coefficient (Wildman–Crippen LogP) is 5.03. The monoisotopic (exact) mass is 492 g/mol. The van der Waals surface area contributed by atoms with Crippen LogP contribution in [0.2, 0.25) is 5.02 Å². The predicted molar refractivity (Wildman–Crippen MR) is 137 cm³/mol. The fourth-order valence-corrected chi connectivity index (χ4v) is 6.12. The molecule has 0 amide bonds. The molecule has 9 heteroatoms. The number of nitrogens with zero attached hydrogens (tertiary/aromatic N) is 4. The van der Waals surface area contributed by atoms with Gasteiger partial charge in [0.15, 0.2) is 11.5 Å². The molecule has 0 bridgehead atoms. The molecule has 0 spiro atoms. The molecule has 0 unspecified atom stereocenters. The molecule has 2 aliphatic rings. The third-order valence-corrected chi connectivity index (χ3v) is 7.99. The topological polar surface area (TPSA) is 114 Å². The Balaban J connectivity index is 1.33. The minimum atomic E-state index is -0.717. The van der Waals surface area contributed by atoms with Crippen LogP contribution in [0.4, 0.5) is 11.6 Å². The van der Waals surface area contributed by atoms with Gasteiger partial charge >= 0.3 is 0 Å². The van der Waals surface area contributed by atoms with E-state index in [0.717, 1.165) is 47.6 Å². The van der Waals surface area contributed by atoms with Crippen molar-refractivity contribution in [3.63, 3.8) is 0 Å². The standard InChI is InChI=1S/C26H29ClN6O2/c1-24(2)34-23-25(3,8-6-15-4-5-16-13-18(27)21(29)32-19(16)12-15)9-10-26(23,35-24)33-11-7-17-20(28)30-14-31-22(17)33/h4-5,7,11-14,23H,6,8-10H2,1-3H3,(H2,29,32)(H2,28,30,31)/t23-,25+,26-/m1/s1. The van der Waals surface area contributed by atoms with E-state index in [2.05, 4.69) is 44.6 Å². The van der Waals surface area contributed by atoms with Crippen molar-refractivity contribution in [1.29, 1.82) is 0 Å². The highest BCUT2D eigenvalue weighted by Crippen LogP contribution is 2.59. The number of ether oxygens (including phenoxy) is 2. The second-order valence-electron chi connectivity index (χ2n) is 10.6. The highest BCUT2D eigenvalue weighted by atomic mass is 35.5. The maximum atomic E-state index is 6.69. The van der Waals surface area contributed by atoms with Crippen molar-refractivity contribution >= 4 is 45.2 Å². The number of nitrogen functional groups attached to an aromatic ring is 2. The van der Waals surface area contributed by atoms with Gasteiger partial charge in [-0.2, -0.15) is 0 Å². The van der Waals surface area contributed by atoms with Gasteiger partial charge in [-0.1, -0.05) is 30.7 Å². The summed E-state index contributed by atoms with van der Waals surface area (Å²) in [5, 5.41) is 2.28. The van der Waals surface area contributed by atoms with Crippen LogP contribution < -0.4 is 11.5 Å². The molecule has 8 nitrogen and oxygen atoms in total. The molecule has 4 heterocycles. The first-order valence-electron chi connectivity index (χ1n) is 11.9. The summed E-state index contributed by atoms with van der Waals surface area (Å²) < 4.78 is 15.4. The number of halogens is 1. The van der Waals surface area contributed by atoms with Crippen LogP contribution in [0.25, 0.3) is 21.9 Å². The van der Waals surface area contributed by atoms with Gasteiger partial charge in [0.05, 0.1) is 15.9 Å². The average molecular weight is 493 g/mol. The maximum Gasteiger partial charge on any atom is 0.176 e. The lowest BCUT2D eigenvalue weighted by Crippen LogP contribution is -2.44. The second-order valence-corrected chi connectivity index (χ2v) is 11.0. The van der Waals surface area contributed by atoms with Gasteiger partial charge in [-0.05, 0) is 68.7 Å². The van der Waals surface area contributed by atoms with Crippen molar-refractivity contribution in [3.05, 3.63) is 53.4 Å². The number of benzene rings is 1. The Bertz CT molecular complexity index is 1470. The fraction of sp³-hybridized carbons (Fsp3) is 0.423. The Hall–Kier alpha value is -2.94. The largest absolute Gasteiger partial charge is 0.383 e. The molecule has 1 aliphatic carbocycles. The van der Waals surface area contributed by atoms with E-state index >= 15 is 0 Å². The summed E-state index contributed by atoms with van der Waals surface area (Å²) in [6, 6.07) is 10.1. The Morgan fingerprint density at radius 3 is 2.74 bits per heavy atom. The van der Waals surface area contributed by atoms with Gasteiger partial charge in [-0.3, -0.25) is 0 Å². The quantitative estimate of drug-likeness (QED) is 0.410. The van der Waals surface area contributed by atoms with Crippen molar-refractivity contribution in [2.24, 2.45) is 5.41 Å². The fourth-order valence-electron chi connectivity index (χ4n) is 5.96. The number of aryl methyl sites for hydroxylation is 1. The number of anilines is 2. The summed E-state index contributed by atoms with van der Waals surface area (Å²) >= 11 is 6.14. The van der Waals surface area contributed by atoms with Crippen LogP contribution >= 0.6 is 11.6 Å². The third-order valence-electron chi connectivity index (χ3n) is 7.69.